The molecule has 0 unspecified atom stereocenters. The summed E-state index contributed by atoms with van der Waals surface area (Å²) in [5.74, 6) is -2.28. The second-order valence-electron chi connectivity index (χ2n) is 4.69. The van der Waals surface area contributed by atoms with Crippen molar-refractivity contribution in [3.8, 4) is 5.88 Å². The molecule has 0 saturated heterocycles. The van der Waals surface area contributed by atoms with Crippen LogP contribution in [-0.2, 0) is 6.54 Å². The molecule has 2 N–H and O–H groups in total. The number of aromatic hydroxyl groups is 1. The van der Waals surface area contributed by atoms with E-state index in [-0.39, 0.29) is 6.54 Å². The molecule has 96 valence electrons. The van der Waals surface area contributed by atoms with Crippen LogP contribution in [0.1, 0.15) is 13.8 Å². The molecule has 6 nitrogen and oxygen atoms in total. The van der Waals surface area contributed by atoms with Crippen LogP contribution in [0, 0.1) is 5.82 Å². The normalized spacial score (nSPS) is 12.1. The lowest BCUT2D eigenvalue weighted by molar-refractivity contribution is 0.159. The van der Waals surface area contributed by atoms with Gasteiger partial charge in [-0.2, -0.15) is 4.39 Å². The zero-order valence-corrected chi connectivity index (χ0v) is 10.2. The fourth-order valence-electron chi connectivity index (χ4n) is 1.21. The third-order valence-corrected chi connectivity index (χ3v) is 2.87. The third-order valence-electron chi connectivity index (χ3n) is 2.87. The lowest BCUT2D eigenvalue weighted by atomic mass is 10.0. The molecule has 0 atom stereocenters. The van der Waals surface area contributed by atoms with Crippen LogP contribution >= 0.6 is 0 Å². The maximum atomic E-state index is 13.2. The number of halogens is 1. The first-order valence-electron chi connectivity index (χ1n) is 5.06. The molecule has 17 heavy (non-hydrogen) atoms. The molecule has 1 aromatic rings. The van der Waals surface area contributed by atoms with Gasteiger partial charge in [0, 0.05) is 12.1 Å². The first-order chi connectivity index (χ1) is 7.66. The molecule has 0 radical (unpaired) electrons. The van der Waals surface area contributed by atoms with Crippen LogP contribution in [-0.4, -0.2) is 39.2 Å². The number of H-pyrrole nitrogens is 1. The van der Waals surface area contributed by atoms with E-state index in [1.165, 1.54) is 0 Å². The molecule has 0 aliphatic rings. The largest absolute Gasteiger partial charge is 0.492 e. The highest BCUT2D eigenvalue weighted by molar-refractivity contribution is 5.10. The Hall–Kier alpha value is -1.63. The minimum absolute atomic E-state index is 0.0539. The van der Waals surface area contributed by atoms with Crippen LogP contribution in [0.2, 0.25) is 0 Å². The van der Waals surface area contributed by atoms with Gasteiger partial charge >= 0.3 is 5.69 Å². The zero-order valence-electron chi connectivity index (χ0n) is 10.2. The van der Waals surface area contributed by atoms with Crippen molar-refractivity contribution in [2.45, 2.75) is 25.9 Å². The Kier molecular flexibility index (Phi) is 3.42. The van der Waals surface area contributed by atoms with Crippen LogP contribution in [0.4, 0.5) is 4.39 Å². The van der Waals surface area contributed by atoms with Crippen LogP contribution in [0.15, 0.2) is 9.59 Å². The van der Waals surface area contributed by atoms with Gasteiger partial charge in [-0.25, -0.2) is 4.79 Å². The fourth-order valence-corrected chi connectivity index (χ4v) is 1.21. The lowest BCUT2D eigenvalue weighted by Gasteiger charge is -2.33. The molecular formula is C10H16FN3O3. The van der Waals surface area contributed by atoms with Crippen molar-refractivity contribution in [3.05, 3.63) is 26.7 Å². The third kappa shape index (κ3) is 2.55. The van der Waals surface area contributed by atoms with Crippen molar-refractivity contribution in [2.75, 3.05) is 14.1 Å². The van der Waals surface area contributed by atoms with Gasteiger partial charge in [0.15, 0.2) is 0 Å². The van der Waals surface area contributed by atoms with Crippen molar-refractivity contribution in [1.82, 2.24) is 14.5 Å². The summed E-state index contributed by atoms with van der Waals surface area (Å²) in [6, 6.07) is 0. The molecular weight excluding hydrogens is 229 g/mol. The summed E-state index contributed by atoms with van der Waals surface area (Å²) in [5.41, 5.74) is -2.53. The van der Waals surface area contributed by atoms with Gasteiger partial charge in [0.2, 0.25) is 11.7 Å². The van der Waals surface area contributed by atoms with Gasteiger partial charge in [0.25, 0.3) is 5.56 Å². The van der Waals surface area contributed by atoms with Crippen LogP contribution in [0.3, 0.4) is 0 Å². The van der Waals surface area contributed by atoms with E-state index in [0.717, 1.165) is 4.57 Å². The average Bonchev–Trinajstić information content (AvgIpc) is 2.21. The van der Waals surface area contributed by atoms with E-state index in [1.54, 1.807) is 14.1 Å². The smallest absolute Gasteiger partial charge is 0.331 e. The second-order valence-corrected chi connectivity index (χ2v) is 4.69. The maximum Gasteiger partial charge on any atom is 0.331 e. The number of aromatic amines is 1. The van der Waals surface area contributed by atoms with Gasteiger partial charge in [-0.15, -0.1) is 0 Å². The number of hydrogen-bond acceptors (Lipinski definition) is 4. The fraction of sp³-hybridized carbons (Fsp3) is 0.600. The Bertz CT molecular complexity index is 531. The zero-order chi connectivity index (χ0) is 13.4. The number of hydrogen-bond donors (Lipinski definition) is 2. The predicted molar refractivity (Wildman–Crippen MR) is 60.7 cm³/mol. The van der Waals surface area contributed by atoms with Gasteiger partial charge < -0.3 is 10.0 Å². The number of rotatable bonds is 3. The van der Waals surface area contributed by atoms with Crippen molar-refractivity contribution in [2.24, 2.45) is 0 Å². The van der Waals surface area contributed by atoms with Crippen molar-refractivity contribution < 1.29 is 9.50 Å². The quantitative estimate of drug-likeness (QED) is 0.768. The van der Waals surface area contributed by atoms with E-state index in [2.05, 4.69) is 0 Å². The molecule has 0 bridgehead atoms. The molecule has 0 fully saturated rings. The molecule has 0 spiro atoms. The van der Waals surface area contributed by atoms with Crippen molar-refractivity contribution in [3.63, 3.8) is 0 Å². The summed E-state index contributed by atoms with van der Waals surface area (Å²) < 4.78 is 14.0. The minimum atomic E-state index is -1.35. The standard InChI is InChI=1S/C10H16FN3O3/c1-10(2,13(3)4)5-14-8(16)6(11)7(15)12-9(14)17/h16H,5H2,1-4H3,(H,12,15,17). The summed E-state index contributed by atoms with van der Waals surface area (Å²) in [6.07, 6.45) is 0. The van der Waals surface area contributed by atoms with E-state index in [0.29, 0.717) is 0 Å². The van der Waals surface area contributed by atoms with E-state index in [4.69, 9.17) is 0 Å². The van der Waals surface area contributed by atoms with Crippen LogP contribution in [0.5, 0.6) is 5.88 Å². The van der Waals surface area contributed by atoms with E-state index >= 15 is 0 Å². The summed E-state index contributed by atoms with van der Waals surface area (Å²) in [4.78, 5) is 26.0. The Labute approximate surface area is 97.3 Å². The van der Waals surface area contributed by atoms with Gasteiger partial charge in [-0.05, 0) is 27.9 Å². The molecule has 0 aliphatic heterocycles. The molecule has 0 aromatic carbocycles. The molecule has 1 aromatic heterocycles. The minimum Gasteiger partial charge on any atom is -0.492 e. The molecule has 1 rings (SSSR count). The summed E-state index contributed by atoms with van der Waals surface area (Å²) in [7, 11) is 3.59. The first kappa shape index (κ1) is 13.4. The van der Waals surface area contributed by atoms with E-state index in [9.17, 15) is 19.1 Å². The number of aromatic nitrogens is 2. The molecule has 0 amide bonds. The monoisotopic (exact) mass is 245 g/mol. The summed E-state index contributed by atoms with van der Waals surface area (Å²) >= 11 is 0. The predicted octanol–water partition coefficient (Wildman–Crippen LogP) is -0.278. The Morgan fingerprint density at radius 1 is 1.41 bits per heavy atom. The van der Waals surface area contributed by atoms with Crippen molar-refractivity contribution in [1.29, 1.82) is 0 Å². The van der Waals surface area contributed by atoms with E-state index < -0.39 is 28.5 Å². The second kappa shape index (κ2) is 4.33. The van der Waals surface area contributed by atoms with Gasteiger partial charge in [0.05, 0.1) is 0 Å². The molecule has 0 saturated carbocycles. The molecule has 1 heterocycles. The number of nitrogens with zero attached hydrogens (tertiary/aromatic N) is 2. The lowest BCUT2D eigenvalue weighted by Crippen LogP contribution is -2.45. The Balaban J connectivity index is 3.30. The Morgan fingerprint density at radius 3 is 2.41 bits per heavy atom. The van der Waals surface area contributed by atoms with E-state index in [1.807, 2.05) is 23.7 Å². The highest BCUT2D eigenvalue weighted by Gasteiger charge is 2.24. The summed E-state index contributed by atoms with van der Waals surface area (Å²) in [5, 5.41) is 9.45. The molecule has 7 heteroatoms. The highest BCUT2D eigenvalue weighted by Crippen LogP contribution is 2.16. The molecule has 0 aliphatic carbocycles. The Morgan fingerprint density at radius 2 is 1.94 bits per heavy atom. The highest BCUT2D eigenvalue weighted by atomic mass is 19.1. The van der Waals surface area contributed by atoms with Crippen LogP contribution in [0.25, 0.3) is 0 Å². The average molecular weight is 245 g/mol. The van der Waals surface area contributed by atoms with Gasteiger partial charge in [0.1, 0.15) is 0 Å². The SMILES string of the molecule is CN(C)C(C)(C)Cn1c(O)c(F)c(=O)[nH]c1=O. The van der Waals surface area contributed by atoms with Crippen LogP contribution < -0.4 is 11.2 Å². The first-order valence-corrected chi connectivity index (χ1v) is 5.06. The van der Waals surface area contributed by atoms with Crippen molar-refractivity contribution >= 4 is 0 Å². The van der Waals surface area contributed by atoms with Gasteiger partial charge in [-0.1, -0.05) is 0 Å². The number of nitrogens with one attached hydrogen (secondary N) is 1. The summed E-state index contributed by atoms with van der Waals surface area (Å²) in [6.45, 7) is 3.70. The maximum absolute atomic E-state index is 13.2. The van der Waals surface area contributed by atoms with Gasteiger partial charge in [-0.3, -0.25) is 14.3 Å². The number of likely N-dealkylation sites (N-methyl/N-ethyl adjacent to an activating group) is 1. The topological polar surface area (TPSA) is 78.3 Å².